The zero-order chi connectivity index (χ0) is 35.4. The highest BCUT2D eigenvalue weighted by atomic mass is 15.1. The molecule has 0 saturated carbocycles. The molecule has 1 aromatic heterocycles. The van der Waals surface area contributed by atoms with Crippen molar-refractivity contribution in [3.8, 4) is 5.69 Å². The fourth-order valence-corrected chi connectivity index (χ4v) is 7.24. The van der Waals surface area contributed by atoms with E-state index in [0.29, 0.717) is 0 Å². The van der Waals surface area contributed by atoms with Crippen LogP contribution in [0.2, 0.25) is 0 Å². The van der Waals surface area contributed by atoms with Crippen LogP contribution >= 0.6 is 0 Å². The number of nitrogens with zero attached hydrogens (tertiary/aromatic N) is 3. The maximum atomic E-state index is 2.36. The Hall–Kier alpha value is -7.10. The number of aromatic nitrogens is 1. The van der Waals surface area contributed by atoms with Gasteiger partial charge in [0.25, 0.3) is 0 Å². The Kier molecular flexibility index (Phi) is 8.57. The molecule has 53 heavy (non-hydrogen) atoms. The number of anilines is 6. The van der Waals surface area contributed by atoms with Gasteiger partial charge in [0.15, 0.2) is 0 Å². The van der Waals surface area contributed by atoms with Gasteiger partial charge in [0.2, 0.25) is 0 Å². The van der Waals surface area contributed by atoms with Crippen LogP contribution in [0.1, 0.15) is 11.1 Å². The first-order valence-electron chi connectivity index (χ1n) is 18.0. The fourth-order valence-electron chi connectivity index (χ4n) is 7.24. The minimum absolute atomic E-state index is 1.10. The molecule has 0 saturated heterocycles. The standard InChI is InChI=1S/C50H37N3/c1-4-14-40(15-5-1)51(41-16-6-2-7-17-41)43-30-26-38(27-31-43)24-25-39-28-32-44(33-29-39)52(42-18-8-3-9-19-42)45-34-36-46(37-35-45)53-49-22-12-10-20-47(49)48-21-11-13-23-50(48)53/h1-37H. The molecule has 0 unspecified atom stereocenters. The minimum Gasteiger partial charge on any atom is -0.311 e. The van der Waals surface area contributed by atoms with Gasteiger partial charge in [0.05, 0.1) is 11.0 Å². The van der Waals surface area contributed by atoms with Gasteiger partial charge in [-0.15, -0.1) is 0 Å². The van der Waals surface area contributed by atoms with Crippen LogP contribution < -0.4 is 9.80 Å². The zero-order valence-corrected chi connectivity index (χ0v) is 29.2. The molecule has 1 heterocycles. The van der Waals surface area contributed by atoms with E-state index < -0.39 is 0 Å². The average molecular weight is 680 g/mol. The Bertz CT molecular complexity index is 2530. The van der Waals surface area contributed by atoms with Crippen molar-refractivity contribution in [1.82, 2.24) is 4.57 Å². The molecular formula is C50H37N3. The average Bonchev–Trinajstić information content (AvgIpc) is 3.57. The third kappa shape index (κ3) is 6.37. The van der Waals surface area contributed by atoms with E-state index in [-0.39, 0.29) is 0 Å². The fraction of sp³-hybridized carbons (Fsp3) is 0. The Morgan fingerprint density at radius 1 is 0.283 bits per heavy atom. The summed E-state index contributed by atoms with van der Waals surface area (Å²) in [5.74, 6) is 0. The van der Waals surface area contributed by atoms with Crippen LogP contribution in [0.15, 0.2) is 212 Å². The van der Waals surface area contributed by atoms with Crippen molar-refractivity contribution in [1.29, 1.82) is 0 Å². The third-order valence-electron chi connectivity index (χ3n) is 9.76. The number of fused-ring (bicyclic) bond motifs is 3. The molecule has 0 aliphatic heterocycles. The van der Waals surface area contributed by atoms with Gasteiger partial charge in [0.1, 0.15) is 0 Å². The number of benzene rings is 8. The third-order valence-corrected chi connectivity index (χ3v) is 9.76. The normalized spacial score (nSPS) is 11.3. The molecular weight excluding hydrogens is 643 g/mol. The van der Waals surface area contributed by atoms with Gasteiger partial charge >= 0.3 is 0 Å². The van der Waals surface area contributed by atoms with Crippen LogP contribution in [0.4, 0.5) is 34.1 Å². The van der Waals surface area contributed by atoms with E-state index in [1.54, 1.807) is 0 Å². The number of hydrogen-bond donors (Lipinski definition) is 0. The first kappa shape index (κ1) is 31.9. The Morgan fingerprint density at radius 3 is 0.962 bits per heavy atom. The van der Waals surface area contributed by atoms with Crippen molar-refractivity contribution in [3.05, 3.63) is 223 Å². The minimum atomic E-state index is 1.10. The predicted molar refractivity (Wildman–Crippen MR) is 226 cm³/mol. The van der Waals surface area contributed by atoms with Crippen molar-refractivity contribution in [3.63, 3.8) is 0 Å². The van der Waals surface area contributed by atoms with Crippen molar-refractivity contribution in [2.75, 3.05) is 9.80 Å². The summed E-state index contributed by atoms with van der Waals surface area (Å²) in [6.07, 6.45) is 4.36. The van der Waals surface area contributed by atoms with Gasteiger partial charge in [-0.1, -0.05) is 127 Å². The lowest BCUT2D eigenvalue weighted by Gasteiger charge is -2.26. The molecule has 0 bridgehead atoms. The quantitative estimate of drug-likeness (QED) is 0.141. The highest BCUT2D eigenvalue weighted by molar-refractivity contribution is 6.09. The van der Waals surface area contributed by atoms with E-state index in [1.807, 2.05) is 0 Å². The van der Waals surface area contributed by atoms with E-state index in [0.717, 1.165) is 50.9 Å². The lowest BCUT2D eigenvalue weighted by atomic mass is 10.1. The van der Waals surface area contributed by atoms with Gasteiger partial charge < -0.3 is 14.4 Å². The maximum Gasteiger partial charge on any atom is 0.0541 e. The van der Waals surface area contributed by atoms with Crippen LogP contribution in [0.5, 0.6) is 0 Å². The Labute approximate surface area is 310 Å². The van der Waals surface area contributed by atoms with Crippen LogP contribution in [-0.4, -0.2) is 4.57 Å². The predicted octanol–water partition coefficient (Wildman–Crippen LogP) is 13.9. The Morgan fingerprint density at radius 2 is 0.585 bits per heavy atom. The molecule has 0 aliphatic carbocycles. The van der Waals surface area contributed by atoms with Gasteiger partial charge in [-0.05, 0) is 108 Å². The second-order valence-electron chi connectivity index (χ2n) is 13.1. The first-order chi connectivity index (χ1) is 26.3. The molecule has 3 heteroatoms. The summed E-state index contributed by atoms with van der Waals surface area (Å²) in [5.41, 5.74) is 12.5. The summed E-state index contributed by atoms with van der Waals surface area (Å²) in [6, 6.07) is 75.3. The molecule has 3 nitrogen and oxygen atoms in total. The van der Waals surface area contributed by atoms with Crippen LogP contribution in [-0.2, 0) is 0 Å². The van der Waals surface area contributed by atoms with Crippen LogP contribution in [0, 0.1) is 0 Å². The molecule has 0 spiro atoms. The van der Waals surface area contributed by atoms with E-state index in [2.05, 4.69) is 239 Å². The second-order valence-corrected chi connectivity index (χ2v) is 13.1. The van der Waals surface area contributed by atoms with Gasteiger partial charge in [-0.3, -0.25) is 0 Å². The molecule has 9 rings (SSSR count). The van der Waals surface area contributed by atoms with Gasteiger partial charge in [-0.2, -0.15) is 0 Å². The van der Waals surface area contributed by atoms with Gasteiger partial charge in [0, 0.05) is 50.6 Å². The maximum absolute atomic E-state index is 2.36. The van der Waals surface area contributed by atoms with Crippen LogP contribution in [0.25, 0.3) is 39.6 Å². The summed E-state index contributed by atoms with van der Waals surface area (Å²) in [4.78, 5) is 4.59. The Balaban J connectivity index is 0.982. The SMILES string of the molecule is C(=Cc1ccc(N(c2ccccc2)c2ccc(-n3c4ccccc4c4ccccc43)cc2)cc1)c1ccc(N(c2ccccc2)c2ccccc2)cc1. The second kappa shape index (κ2) is 14.3. The molecule has 0 N–H and O–H groups in total. The molecule has 252 valence electrons. The van der Waals surface area contributed by atoms with E-state index in [9.17, 15) is 0 Å². The summed E-state index contributed by atoms with van der Waals surface area (Å²) < 4.78 is 2.36. The van der Waals surface area contributed by atoms with Crippen molar-refractivity contribution in [2.24, 2.45) is 0 Å². The molecule has 8 aromatic carbocycles. The lowest BCUT2D eigenvalue weighted by Crippen LogP contribution is -2.10. The smallest absolute Gasteiger partial charge is 0.0541 e. The van der Waals surface area contributed by atoms with E-state index in [1.165, 1.54) is 21.8 Å². The van der Waals surface area contributed by atoms with Crippen molar-refractivity contribution < 1.29 is 0 Å². The van der Waals surface area contributed by atoms with Crippen molar-refractivity contribution in [2.45, 2.75) is 0 Å². The highest BCUT2D eigenvalue weighted by Gasteiger charge is 2.15. The lowest BCUT2D eigenvalue weighted by molar-refractivity contribution is 1.17. The number of para-hydroxylation sites is 5. The molecule has 0 atom stereocenters. The highest BCUT2D eigenvalue weighted by Crippen LogP contribution is 2.38. The number of rotatable bonds is 9. The molecule has 9 aromatic rings. The summed E-state index contributed by atoms with van der Waals surface area (Å²) in [7, 11) is 0. The monoisotopic (exact) mass is 679 g/mol. The summed E-state index contributed by atoms with van der Waals surface area (Å²) in [5, 5.41) is 2.53. The zero-order valence-electron chi connectivity index (χ0n) is 29.2. The summed E-state index contributed by atoms with van der Waals surface area (Å²) in [6.45, 7) is 0. The topological polar surface area (TPSA) is 11.4 Å². The molecule has 0 radical (unpaired) electrons. The molecule has 0 amide bonds. The summed E-state index contributed by atoms with van der Waals surface area (Å²) >= 11 is 0. The van der Waals surface area contributed by atoms with Crippen molar-refractivity contribution >= 4 is 68.1 Å². The molecule has 0 fully saturated rings. The van der Waals surface area contributed by atoms with Crippen LogP contribution in [0.3, 0.4) is 0 Å². The first-order valence-corrected chi connectivity index (χ1v) is 18.0. The van der Waals surface area contributed by atoms with E-state index in [4.69, 9.17) is 0 Å². The number of hydrogen-bond acceptors (Lipinski definition) is 2. The van der Waals surface area contributed by atoms with Gasteiger partial charge in [-0.25, -0.2) is 0 Å². The van der Waals surface area contributed by atoms with E-state index >= 15 is 0 Å². The largest absolute Gasteiger partial charge is 0.311 e. The molecule has 0 aliphatic rings.